The molecule has 6 heteroatoms. The van der Waals surface area contributed by atoms with Crippen LogP contribution in [0.25, 0.3) is 0 Å². The normalized spacial score (nSPS) is 10.6. The van der Waals surface area contributed by atoms with Gasteiger partial charge >= 0.3 is 0 Å². The molecule has 0 fully saturated rings. The number of halogens is 4. The Morgan fingerprint density at radius 2 is 2.06 bits per heavy atom. The lowest BCUT2D eigenvalue weighted by Gasteiger charge is -2.04. The van der Waals surface area contributed by atoms with Crippen molar-refractivity contribution >= 4 is 49.1 Å². The van der Waals surface area contributed by atoms with Crippen molar-refractivity contribution in [3.63, 3.8) is 0 Å². The van der Waals surface area contributed by atoms with E-state index in [-0.39, 0.29) is 5.02 Å². The molecule has 2 nitrogen and oxygen atoms in total. The summed E-state index contributed by atoms with van der Waals surface area (Å²) in [5.74, 6) is 0.289. The molecule has 1 aromatic carbocycles. The fourth-order valence-corrected chi connectivity index (χ4v) is 2.05. The molecule has 17 heavy (non-hydrogen) atoms. The van der Waals surface area contributed by atoms with Gasteiger partial charge in [0.1, 0.15) is 11.6 Å². The third-order valence-corrected chi connectivity index (χ3v) is 4.10. The van der Waals surface area contributed by atoms with E-state index in [1.54, 1.807) is 6.07 Å². The molecule has 1 aromatic heterocycles. The van der Waals surface area contributed by atoms with Gasteiger partial charge in [0.25, 0.3) is 0 Å². The lowest BCUT2D eigenvalue weighted by Crippen LogP contribution is -1.98. The minimum absolute atomic E-state index is 0.110. The molecule has 1 N–H and O–H groups in total. The maximum Gasteiger partial charge on any atom is 0.183 e. The van der Waals surface area contributed by atoms with E-state index in [0.717, 1.165) is 10.2 Å². The molecule has 0 saturated carbocycles. The Bertz CT molecular complexity index is 525. The van der Waals surface area contributed by atoms with Gasteiger partial charge in [0.05, 0.1) is 16.0 Å². The quantitative estimate of drug-likeness (QED) is 0.787. The highest BCUT2D eigenvalue weighted by atomic mass is 79.9. The summed E-state index contributed by atoms with van der Waals surface area (Å²) >= 11 is 12.2. The van der Waals surface area contributed by atoms with Gasteiger partial charge in [-0.3, -0.25) is 0 Å². The second kappa shape index (κ2) is 5.42. The van der Waals surface area contributed by atoms with E-state index in [0.29, 0.717) is 16.9 Å². The Morgan fingerprint density at radius 3 is 2.65 bits per heavy atom. The Morgan fingerprint density at radius 1 is 1.29 bits per heavy atom. The molecule has 0 unspecified atom stereocenters. The van der Waals surface area contributed by atoms with Crippen LogP contribution < -0.4 is 5.32 Å². The fraction of sp³-hybridized carbons (Fsp3) is 0.0909. The average Bonchev–Trinajstić information content (AvgIpc) is 2.60. The van der Waals surface area contributed by atoms with Crippen LogP contribution in [0.1, 0.15) is 5.76 Å². The second-order valence-corrected chi connectivity index (χ2v) is 5.30. The van der Waals surface area contributed by atoms with E-state index in [1.807, 2.05) is 6.07 Å². The summed E-state index contributed by atoms with van der Waals surface area (Å²) in [6.45, 7) is 0.464. The second-order valence-electron chi connectivity index (χ2n) is 3.32. The summed E-state index contributed by atoms with van der Waals surface area (Å²) in [5, 5.41) is 3.15. The predicted molar refractivity (Wildman–Crippen MR) is 72.8 cm³/mol. The first-order valence-corrected chi connectivity index (χ1v) is 6.65. The zero-order valence-electron chi connectivity index (χ0n) is 8.44. The third kappa shape index (κ3) is 3.24. The third-order valence-electron chi connectivity index (χ3n) is 2.08. The first-order chi connectivity index (χ1) is 8.06. The smallest absolute Gasteiger partial charge is 0.183 e. The highest BCUT2D eigenvalue weighted by molar-refractivity contribution is 9.13. The zero-order chi connectivity index (χ0) is 12.4. The van der Waals surface area contributed by atoms with Crippen LogP contribution in [0.15, 0.2) is 37.8 Å². The van der Waals surface area contributed by atoms with Crippen LogP contribution >= 0.6 is 43.5 Å². The molecule has 1 heterocycles. The predicted octanol–water partition coefficient (Wildman–Crippen LogP) is 5.21. The number of anilines is 1. The van der Waals surface area contributed by atoms with Crippen molar-refractivity contribution in [2.75, 3.05) is 5.32 Å². The van der Waals surface area contributed by atoms with Crippen molar-refractivity contribution in [1.82, 2.24) is 0 Å². The zero-order valence-corrected chi connectivity index (χ0v) is 12.4. The first kappa shape index (κ1) is 12.9. The molecular formula is C11H7Br2ClFNO. The molecule has 2 rings (SSSR count). The molecule has 0 bridgehead atoms. The summed E-state index contributed by atoms with van der Waals surface area (Å²) in [6.07, 6.45) is 0. The monoisotopic (exact) mass is 381 g/mol. The standard InChI is InChI=1S/C11H7Br2ClFNO/c12-8-4-7(17-11(8)13)5-16-6-1-2-9(14)10(15)3-6/h1-4,16H,5H2. The van der Waals surface area contributed by atoms with E-state index in [9.17, 15) is 4.39 Å². The molecule has 2 aromatic rings. The maximum absolute atomic E-state index is 13.2. The number of hydrogen-bond donors (Lipinski definition) is 1. The molecule has 0 aliphatic heterocycles. The van der Waals surface area contributed by atoms with Crippen LogP contribution in [0.5, 0.6) is 0 Å². The number of rotatable bonds is 3. The molecule has 0 saturated heterocycles. The maximum atomic E-state index is 13.2. The first-order valence-electron chi connectivity index (χ1n) is 4.69. The highest BCUT2D eigenvalue weighted by Gasteiger charge is 2.06. The SMILES string of the molecule is Fc1cc(NCc2cc(Br)c(Br)o2)ccc1Cl. The van der Waals surface area contributed by atoms with Crippen LogP contribution in [0, 0.1) is 5.82 Å². The minimum atomic E-state index is -0.446. The van der Waals surface area contributed by atoms with Crippen molar-refractivity contribution in [2.45, 2.75) is 6.54 Å². The molecule has 0 amide bonds. The van der Waals surface area contributed by atoms with Gasteiger partial charge < -0.3 is 9.73 Å². The molecule has 0 aliphatic rings. The van der Waals surface area contributed by atoms with Gasteiger partial charge in [-0.1, -0.05) is 11.6 Å². The van der Waals surface area contributed by atoms with E-state index >= 15 is 0 Å². The van der Waals surface area contributed by atoms with Gasteiger partial charge in [0.2, 0.25) is 0 Å². The molecule has 0 spiro atoms. The van der Waals surface area contributed by atoms with Gasteiger partial charge in [-0.2, -0.15) is 0 Å². The van der Waals surface area contributed by atoms with E-state index < -0.39 is 5.82 Å². The number of benzene rings is 1. The van der Waals surface area contributed by atoms with Crippen molar-refractivity contribution in [1.29, 1.82) is 0 Å². The van der Waals surface area contributed by atoms with Crippen molar-refractivity contribution < 1.29 is 8.81 Å². The van der Waals surface area contributed by atoms with Crippen molar-refractivity contribution in [3.8, 4) is 0 Å². The number of nitrogens with one attached hydrogen (secondary N) is 1. The summed E-state index contributed by atoms with van der Waals surface area (Å²) in [7, 11) is 0. The van der Waals surface area contributed by atoms with Crippen LogP contribution in [0.4, 0.5) is 10.1 Å². The Kier molecular flexibility index (Phi) is 4.12. The summed E-state index contributed by atoms with van der Waals surface area (Å²) in [5.41, 5.74) is 0.649. The Hall–Kier alpha value is -0.520. The van der Waals surface area contributed by atoms with Crippen LogP contribution in [-0.2, 0) is 6.54 Å². The fourth-order valence-electron chi connectivity index (χ4n) is 1.27. The van der Waals surface area contributed by atoms with Gasteiger partial charge in [-0.05, 0) is 56.1 Å². The molecule has 0 aliphatic carbocycles. The van der Waals surface area contributed by atoms with Crippen LogP contribution in [-0.4, -0.2) is 0 Å². The average molecular weight is 383 g/mol. The van der Waals surface area contributed by atoms with Crippen molar-refractivity contribution in [3.05, 3.63) is 50.0 Å². The lowest BCUT2D eigenvalue weighted by atomic mass is 10.3. The topological polar surface area (TPSA) is 25.2 Å². The van der Waals surface area contributed by atoms with E-state index in [4.69, 9.17) is 16.0 Å². The summed E-state index contributed by atoms with van der Waals surface area (Å²) in [4.78, 5) is 0. The number of hydrogen-bond acceptors (Lipinski definition) is 2. The van der Waals surface area contributed by atoms with E-state index in [2.05, 4.69) is 37.2 Å². The molecule has 0 atom stereocenters. The lowest BCUT2D eigenvalue weighted by molar-refractivity contribution is 0.494. The van der Waals surface area contributed by atoms with Gasteiger partial charge in [-0.25, -0.2) is 4.39 Å². The molecule has 0 radical (unpaired) electrons. The van der Waals surface area contributed by atoms with Gasteiger partial charge in [0, 0.05) is 5.69 Å². The number of furan rings is 1. The Labute approximate surface area is 119 Å². The largest absolute Gasteiger partial charge is 0.451 e. The Balaban J connectivity index is 2.04. The van der Waals surface area contributed by atoms with Crippen molar-refractivity contribution in [2.24, 2.45) is 0 Å². The van der Waals surface area contributed by atoms with Gasteiger partial charge in [-0.15, -0.1) is 0 Å². The van der Waals surface area contributed by atoms with E-state index in [1.165, 1.54) is 12.1 Å². The van der Waals surface area contributed by atoms with Crippen LogP contribution in [0.3, 0.4) is 0 Å². The minimum Gasteiger partial charge on any atom is -0.451 e. The van der Waals surface area contributed by atoms with Crippen LogP contribution in [0.2, 0.25) is 5.02 Å². The van der Waals surface area contributed by atoms with Gasteiger partial charge in [0.15, 0.2) is 4.67 Å². The summed E-state index contributed by atoms with van der Waals surface area (Å²) in [6, 6.07) is 6.39. The molecular weight excluding hydrogens is 376 g/mol. The molecule has 90 valence electrons. The summed E-state index contributed by atoms with van der Waals surface area (Å²) < 4.78 is 20.0. The highest BCUT2D eigenvalue weighted by Crippen LogP contribution is 2.27.